The maximum absolute atomic E-state index is 4.62. The minimum atomic E-state index is 0. The molecule has 0 saturated heterocycles. The summed E-state index contributed by atoms with van der Waals surface area (Å²) in [4.78, 5) is 4.62. The van der Waals surface area contributed by atoms with E-state index in [9.17, 15) is 0 Å². The number of guanidine groups is 1. The predicted octanol–water partition coefficient (Wildman–Crippen LogP) is 2.48. The molecular weight excluding hydrogens is 391 g/mol. The third kappa shape index (κ3) is 5.73. The van der Waals surface area contributed by atoms with Gasteiger partial charge in [-0.05, 0) is 19.8 Å². The monoisotopic (exact) mass is 420 g/mol. The third-order valence-electron chi connectivity index (χ3n) is 3.73. The number of halogens is 1. The van der Waals surface area contributed by atoms with Crippen LogP contribution in [0.1, 0.15) is 57.6 Å². The van der Waals surface area contributed by atoms with Gasteiger partial charge in [0.15, 0.2) is 11.8 Å². The molecule has 1 aromatic heterocycles. The van der Waals surface area contributed by atoms with Crippen molar-refractivity contribution in [1.82, 2.24) is 25.4 Å². The number of fused-ring (bicyclic) bond motifs is 1. The molecule has 0 fully saturated rings. The van der Waals surface area contributed by atoms with Crippen LogP contribution in [-0.2, 0) is 19.5 Å². The van der Waals surface area contributed by atoms with Gasteiger partial charge in [-0.15, -0.1) is 34.2 Å². The van der Waals surface area contributed by atoms with Crippen LogP contribution in [0.5, 0.6) is 0 Å². The van der Waals surface area contributed by atoms with E-state index in [-0.39, 0.29) is 24.0 Å². The largest absolute Gasteiger partial charge is 0.357 e. The van der Waals surface area contributed by atoms with Crippen LogP contribution >= 0.6 is 24.0 Å². The lowest BCUT2D eigenvalue weighted by Crippen LogP contribution is -2.37. The van der Waals surface area contributed by atoms with Crippen LogP contribution in [0.15, 0.2) is 4.99 Å². The van der Waals surface area contributed by atoms with Crippen molar-refractivity contribution in [1.29, 1.82) is 0 Å². The summed E-state index contributed by atoms with van der Waals surface area (Å²) in [5, 5.41) is 15.1. The second-order valence-corrected chi connectivity index (χ2v) is 5.47. The molecule has 6 nitrogen and oxygen atoms in total. The molecule has 1 aromatic rings. The van der Waals surface area contributed by atoms with Crippen molar-refractivity contribution in [2.24, 2.45) is 4.99 Å². The Kier molecular flexibility index (Phi) is 9.42. The number of aliphatic imine (C=N–C) groups is 1. The highest BCUT2D eigenvalue weighted by atomic mass is 127. The van der Waals surface area contributed by atoms with Crippen LogP contribution in [0, 0.1) is 0 Å². The first kappa shape index (κ1) is 19.2. The van der Waals surface area contributed by atoms with E-state index < -0.39 is 0 Å². The van der Waals surface area contributed by atoms with Gasteiger partial charge in [0.05, 0.1) is 0 Å². The van der Waals surface area contributed by atoms with Gasteiger partial charge in [0.25, 0.3) is 0 Å². The Bertz CT molecular complexity index is 457. The summed E-state index contributed by atoms with van der Waals surface area (Å²) in [5.74, 6) is 2.97. The lowest BCUT2D eigenvalue weighted by Gasteiger charge is -2.11. The third-order valence-corrected chi connectivity index (χ3v) is 3.73. The first-order valence-electron chi connectivity index (χ1n) is 8.28. The Balaban J connectivity index is 0.00000242. The fraction of sp³-hybridized carbons (Fsp3) is 0.800. The van der Waals surface area contributed by atoms with Crippen LogP contribution in [0.25, 0.3) is 0 Å². The Morgan fingerprint density at radius 3 is 2.82 bits per heavy atom. The van der Waals surface area contributed by atoms with Crippen molar-refractivity contribution in [3.63, 3.8) is 0 Å². The molecule has 0 spiro atoms. The van der Waals surface area contributed by atoms with E-state index in [1.54, 1.807) is 0 Å². The molecule has 0 atom stereocenters. The van der Waals surface area contributed by atoms with Crippen molar-refractivity contribution >= 4 is 29.9 Å². The highest BCUT2D eigenvalue weighted by Gasteiger charge is 2.16. The number of hydrogen-bond acceptors (Lipinski definition) is 3. The summed E-state index contributed by atoms with van der Waals surface area (Å²) in [6.07, 6.45) is 7.27. The molecule has 2 heterocycles. The van der Waals surface area contributed by atoms with Crippen molar-refractivity contribution in [2.45, 2.75) is 65.5 Å². The van der Waals surface area contributed by atoms with Crippen LogP contribution in [0.2, 0.25) is 0 Å². The van der Waals surface area contributed by atoms with Gasteiger partial charge < -0.3 is 15.2 Å². The number of nitrogens with one attached hydrogen (secondary N) is 2. The molecule has 1 aliphatic rings. The summed E-state index contributed by atoms with van der Waals surface area (Å²) in [6, 6.07) is 0. The number of aromatic nitrogens is 3. The minimum Gasteiger partial charge on any atom is -0.357 e. The van der Waals surface area contributed by atoms with E-state index in [0.29, 0.717) is 6.54 Å². The van der Waals surface area contributed by atoms with E-state index in [1.807, 2.05) is 0 Å². The molecule has 2 N–H and O–H groups in total. The smallest absolute Gasteiger partial charge is 0.191 e. The topological polar surface area (TPSA) is 67.1 Å². The van der Waals surface area contributed by atoms with Crippen LogP contribution in [0.4, 0.5) is 0 Å². The summed E-state index contributed by atoms with van der Waals surface area (Å²) < 4.78 is 2.20. The van der Waals surface area contributed by atoms with Gasteiger partial charge >= 0.3 is 0 Å². The zero-order valence-corrected chi connectivity index (χ0v) is 16.1. The molecule has 0 aliphatic carbocycles. The minimum absolute atomic E-state index is 0. The quantitative estimate of drug-likeness (QED) is 0.294. The zero-order valence-electron chi connectivity index (χ0n) is 13.8. The molecule has 126 valence electrons. The Hall–Kier alpha value is -0.860. The molecule has 0 radical (unpaired) electrons. The lowest BCUT2D eigenvalue weighted by molar-refractivity contribution is 0.645. The van der Waals surface area contributed by atoms with E-state index in [0.717, 1.165) is 43.7 Å². The van der Waals surface area contributed by atoms with Crippen LogP contribution in [0.3, 0.4) is 0 Å². The summed E-state index contributed by atoms with van der Waals surface area (Å²) in [6.45, 7) is 7.80. The second kappa shape index (κ2) is 10.8. The Labute approximate surface area is 150 Å². The maximum Gasteiger partial charge on any atom is 0.191 e. The van der Waals surface area contributed by atoms with E-state index in [4.69, 9.17) is 0 Å². The Morgan fingerprint density at radius 2 is 2.05 bits per heavy atom. The average molecular weight is 420 g/mol. The molecule has 7 heteroatoms. The fourth-order valence-electron chi connectivity index (χ4n) is 2.58. The summed E-state index contributed by atoms with van der Waals surface area (Å²) in [5.41, 5.74) is 0. The first-order valence-corrected chi connectivity index (χ1v) is 8.28. The van der Waals surface area contributed by atoms with Gasteiger partial charge in [0.2, 0.25) is 0 Å². The molecule has 0 unspecified atom stereocenters. The zero-order chi connectivity index (χ0) is 14.9. The van der Waals surface area contributed by atoms with Crippen molar-refractivity contribution < 1.29 is 0 Å². The molecule has 0 saturated carbocycles. The van der Waals surface area contributed by atoms with E-state index >= 15 is 0 Å². The van der Waals surface area contributed by atoms with E-state index in [2.05, 4.69) is 44.2 Å². The highest BCUT2D eigenvalue weighted by molar-refractivity contribution is 14.0. The maximum atomic E-state index is 4.62. The molecule has 2 rings (SSSR count). The van der Waals surface area contributed by atoms with Gasteiger partial charge in [0, 0.05) is 26.1 Å². The number of unbranched alkanes of at least 4 members (excludes halogenated alkanes) is 3. The van der Waals surface area contributed by atoms with Crippen LogP contribution < -0.4 is 10.6 Å². The van der Waals surface area contributed by atoms with Crippen molar-refractivity contribution in [3.05, 3.63) is 11.6 Å². The number of rotatable bonds is 8. The normalized spacial score (nSPS) is 13.6. The SMILES string of the molecule is CCCCCCNC(=NCc1nnc2n1CCC2)NCC.I. The molecule has 0 bridgehead atoms. The predicted molar refractivity (Wildman–Crippen MR) is 101 cm³/mol. The number of nitrogens with zero attached hydrogens (tertiary/aromatic N) is 4. The molecule has 1 aliphatic heterocycles. The van der Waals surface area contributed by atoms with Crippen LogP contribution in [-0.4, -0.2) is 33.8 Å². The first-order chi connectivity index (χ1) is 10.3. The number of aryl methyl sites for hydroxylation is 1. The molecule has 0 amide bonds. The van der Waals surface area contributed by atoms with Gasteiger partial charge in [-0.2, -0.15) is 0 Å². The highest BCUT2D eigenvalue weighted by Crippen LogP contribution is 2.14. The summed E-state index contributed by atoms with van der Waals surface area (Å²) in [7, 11) is 0. The van der Waals surface area contributed by atoms with Gasteiger partial charge in [-0.3, -0.25) is 0 Å². The molecule has 0 aromatic carbocycles. The fourth-order valence-corrected chi connectivity index (χ4v) is 2.58. The van der Waals surface area contributed by atoms with Crippen molar-refractivity contribution in [2.75, 3.05) is 13.1 Å². The average Bonchev–Trinajstić information content (AvgIpc) is 3.08. The lowest BCUT2D eigenvalue weighted by atomic mass is 10.2. The van der Waals surface area contributed by atoms with E-state index in [1.165, 1.54) is 32.1 Å². The Morgan fingerprint density at radius 1 is 1.18 bits per heavy atom. The molecular formula is C15H29IN6. The van der Waals surface area contributed by atoms with Gasteiger partial charge in [-0.1, -0.05) is 26.2 Å². The second-order valence-electron chi connectivity index (χ2n) is 5.47. The van der Waals surface area contributed by atoms with Crippen molar-refractivity contribution in [3.8, 4) is 0 Å². The van der Waals surface area contributed by atoms with Gasteiger partial charge in [0.1, 0.15) is 12.4 Å². The van der Waals surface area contributed by atoms with Gasteiger partial charge in [-0.25, -0.2) is 4.99 Å². The standard InChI is InChI=1S/C15H28N6.HI/c1-3-5-6-7-10-17-15(16-4-2)18-12-14-20-19-13-9-8-11-21(13)14;/h3-12H2,1-2H3,(H2,16,17,18);1H. The number of hydrogen-bond donors (Lipinski definition) is 2. The summed E-state index contributed by atoms with van der Waals surface area (Å²) >= 11 is 0. The molecule has 22 heavy (non-hydrogen) atoms.